The molecule has 24 heavy (non-hydrogen) atoms. The zero-order valence-corrected chi connectivity index (χ0v) is 15.4. The molecule has 5 heteroatoms. The second-order valence-corrected chi connectivity index (χ2v) is 7.09. The summed E-state index contributed by atoms with van der Waals surface area (Å²) in [5, 5.41) is 0. The molecule has 1 aliphatic rings. The second kappa shape index (κ2) is 7.34. The van der Waals surface area contributed by atoms with Gasteiger partial charge in [-0.1, -0.05) is 13.8 Å². The molecule has 0 fully saturated rings. The molecule has 1 aliphatic heterocycles. The molecule has 0 N–H and O–H groups in total. The molecule has 2 unspecified atom stereocenters. The highest BCUT2D eigenvalue weighted by molar-refractivity contribution is 6.00. The van der Waals surface area contributed by atoms with E-state index >= 15 is 0 Å². The third-order valence-corrected chi connectivity index (χ3v) is 4.51. The molecule has 0 radical (unpaired) electrons. The van der Waals surface area contributed by atoms with Crippen LogP contribution in [0.3, 0.4) is 0 Å². The van der Waals surface area contributed by atoms with Crippen molar-refractivity contribution in [1.82, 2.24) is 4.90 Å². The first-order chi connectivity index (χ1) is 11.2. The van der Waals surface area contributed by atoms with Crippen LogP contribution >= 0.6 is 0 Å². The molecular weight excluding hydrogens is 306 g/mol. The summed E-state index contributed by atoms with van der Waals surface area (Å²) < 4.78 is 10.4. The lowest BCUT2D eigenvalue weighted by molar-refractivity contribution is -0.147. The SMILES string of the molecule is COC(=O)C1Cc2cc(C(=O)C(CN(C)C)C(C)C)c(C)cc2O1. The third-order valence-electron chi connectivity index (χ3n) is 4.51. The van der Waals surface area contributed by atoms with E-state index in [-0.39, 0.29) is 23.6 Å². The second-order valence-electron chi connectivity index (χ2n) is 7.09. The molecule has 2 atom stereocenters. The minimum atomic E-state index is -0.613. The first-order valence-corrected chi connectivity index (χ1v) is 8.31. The quantitative estimate of drug-likeness (QED) is 0.591. The van der Waals surface area contributed by atoms with Crippen LogP contribution in [0.5, 0.6) is 5.75 Å². The fourth-order valence-corrected chi connectivity index (χ4v) is 3.11. The standard InChI is InChI=1S/C19H27NO4/c1-11(2)15(10-20(4)5)18(21)14-8-13-9-17(19(22)23-6)24-16(13)7-12(14)3/h7-8,11,15,17H,9-10H2,1-6H3. The van der Waals surface area contributed by atoms with Crippen LogP contribution in [0, 0.1) is 18.8 Å². The van der Waals surface area contributed by atoms with Gasteiger partial charge in [-0.25, -0.2) is 4.79 Å². The van der Waals surface area contributed by atoms with Crippen molar-refractivity contribution in [3.8, 4) is 5.75 Å². The van der Waals surface area contributed by atoms with Crippen LogP contribution in [-0.4, -0.2) is 50.5 Å². The zero-order chi connectivity index (χ0) is 18.0. The molecule has 1 aromatic rings. The van der Waals surface area contributed by atoms with Crippen molar-refractivity contribution in [2.45, 2.75) is 33.3 Å². The molecule has 0 saturated heterocycles. The van der Waals surface area contributed by atoms with Crippen LogP contribution in [0.25, 0.3) is 0 Å². The number of fused-ring (bicyclic) bond motifs is 1. The average Bonchev–Trinajstić information content (AvgIpc) is 2.92. The van der Waals surface area contributed by atoms with Crippen LogP contribution in [0.4, 0.5) is 0 Å². The number of carbonyl (C=O) groups excluding carboxylic acids is 2. The summed E-state index contributed by atoms with van der Waals surface area (Å²) in [5.74, 6) is 0.639. The maximum absolute atomic E-state index is 13.1. The fraction of sp³-hybridized carbons (Fsp3) is 0.579. The van der Waals surface area contributed by atoms with E-state index in [2.05, 4.69) is 13.8 Å². The lowest BCUT2D eigenvalue weighted by atomic mass is 9.85. The van der Waals surface area contributed by atoms with Gasteiger partial charge in [0.15, 0.2) is 11.9 Å². The van der Waals surface area contributed by atoms with Gasteiger partial charge in [0.2, 0.25) is 0 Å². The number of esters is 1. The number of ether oxygens (including phenoxy) is 2. The topological polar surface area (TPSA) is 55.8 Å². The van der Waals surface area contributed by atoms with Gasteiger partial charge in [-0.05, 0) is 50.2 Å². The summed E-state index contributed by atoms with van der Waals surface area (Å²) in [4.78, 5) is 26.8. The summed E-state index contributed by atoms with van der Waals surface area (Å²) in [6.45, 7) is 6.78. The van der Waals surface area contributed by atoms with Crippen LogP contribution in [-0.2, 0) is 16.0 Å². The van der Waals surface area contributed by atoms with Gasteiger partial charge >= 0.3 is 5.97 Å². The molecule has 2 rings (SSSR count). The number of carbonyl (C=O) groups is 2. The largest absolute Gasteiger partial charge is 0.478 e. The van der Waals surface area contributed by atoms with Crippen LogP contribution in [0.1, 0.15) is 35.3 Å². The number of benzene rings is 1. The zero-order valence-electron chi connectivity index (χ0n) is 15.4. The van der Waals surface area contributed by atoms with Gasteiger partial charge in [0.1, 0.15) is 5.75 Å². The Morgan fingerprint density at radius 2 is 2.00 bits per heavy atom. The lowest BCUT2D eigenvalue weighted by Crippen LogP contribution is -2.32. The summed E-state index contributed by atoms with van der Waals surface area (Å²) in [7, 11) is 5.31. The Morgan fingerprint density at radius 1 is 1.33 bits per heavy atom. The lowest BCUT2D eigenvalue weighted by Gasteiger charge is -2.24. The number of nitrogens with zero attached hydrogens (tertiary/aromatic N) is 1. The molecule has 0 aliphatic carbocycles. The van der Waals surface area contributed by atoms with Crippen molar-refractivity contribution in [3.63, 3.8) is 0 Å². The van der Waals surface area contributed by atoms with E-state index in [0.29, 0.717) is 18.7 Å². The Kier molecular flexibility index (Phi) is 5.65. The van der Waals surface area contributed by atoms with E-state index < -0.39 is 6.10 Å². The molecule has 0 spiro atoms. The van der Waals surface area contributed by atoms with Crippen molar-refractivity contribution in [2.24, 2.45) is 11.8 Å². The van der Waals surface area contributed by atoms with Crippen molar-refractivity contribution in [1.29, 1.82) is 0 Å². The van der Waals surface area contributed by atoms with Crippen LogP contribution in [0.15, 0.2) is 12.1 Å². The van der Waals surface area contributed by atoms with Crippen LogP contribution in [0.2, 0.25) is 0 Å². The molecule has 132 valence electrons. The van der Waals surface area contributed by atoms with Crippen molar-refractivity contribution < 1.29 is 19.1 Å². The fourth-order valence-electron chi connectivity index (χ4n) is 3.11. The molecule has 1 heterocycles. The summed E-state index contributed by atoms with van der Waals surface area (Å²) in [6, 6.07) is 3.75. The minimum absolute atomic E-state index is 0.0597. The highest BCUT2D eigenvalue weighted by Crippen LogP contribution is 2.33. The number of ketones is 1. The van der Waals surface area contributed by atoms with E-state index in [0.717, 1.165) is 16.7 Å². The maximum Gasteiger partial charge on any atom is 0.347 e. The van der Waals surface area contributed by atoms with Crippen molar-refractivity contribution in [2.75, 3.05) is 27.7 Å². The molecule has 5 nitrogen and oxygen atoms in total. The van der Waals surface area contributed by atoms with E-state index in [9.17, 15) is 9.59 Å². The van der Waals surface area contributed by atoms with E-state index in [1.54, 1.807) is 0 Å². The average molecular weight is 333 g/mol. The van der Waals surface area contributed by atoms with E-state index in [1.165, 1.54) is 7.11 Å². The minimum Gasteiger partial charge on any atom is -0.478 e. The van der Waals surface area contributed by atoms with Gasteiger partial charge in [0.25, 0.3) is 0 Å². The number of aryl methyl sites for hydroxylation is 1. The Labute approximate surface area is 143 Å². The van der Waals surface area contributed by atoms with Gasteiger partial charge in [-0.3, -0.25) is 4.79 Å². The predicted molar refractivity (Wildman–Crippen MR) is 92.5 cm³/mol. The molecular formula is C19H27NO4. The highest BCUT2D eigenvalue weighted by Gasteiger charge is 2.32. The molecule has 0 aromatic heterocycles. The normalized spacial score (nSPS) is 17.6. The van der Waals surface area contributed by atoms with Gasteiger partial charge in [0.05, 0.1) is 7.11 Å². The summed E-state index contributed by atoms with van der Waals surface area (Å²) >= 11 is 0. The number of hydrogen-bond donors (Lipinski definition) is 0. The smallest absolute Gasteiger partial charge is 0.347 e. The number of Topliss-reactive ketones (excluding diaryl/α,β-unsaturated/α-hetero) is 1. The molecule has 0 amide bonds. The van der Waals surface area contributed by atoms with Gasteiger partial charge in [0, 0.05) is 24.4 Å². The Hall–Kier alpha value is -1.88. The van der Waals surface area contributed by atoms with E-state index in [4.69, 9.17) is 9.47 Å². The maximum atomic E-state index is 13.1. The molecule has 0 bridgehead atoms. The number of rotatable bonds is 6. The van der Waals surface area contributed by atoms with Crippen molar-refractivity contribution in [3.05, 3.63) is 28.8 Å². The Bertz CT molecular complexity index is 636. The Morgan fingerprint density at radius 3 is 2.54 bits per heavy atom. The van der Waals surface area contributed by atoms with Crippen LogP contribution < -0.4 is 4.74 Å². The van der Waals surface area contributed by atoms with Gasteiger partial charge in [-0.15, -0.1) is 0 Å². The Balaban J connectivity index is 2.30. The number of hydrogen-bond acceptors (Lipinski definition) is 5. The first-order valence-electron chi connectivity index (χ1n) is 8.31. The van der Waals surface area contributed by atoms with E-state index in [1.807, 2.05) is 38.1 Å². The summed E-state index contributed by atoms with van der Waals surface area (Å²) in [5.41, 5.74) is 2.50. The summed E-state index contributed by atoms with van der Waals surface area (Å²) in [6.07, 6.45) is -0.166. The molecule has 0 saturated carbocycles. The highest BCUT2D eigenvalue weighted by atomic mass is 16.6. The number of methoxy groups -OCH3 is 1. The monoisotopic (exact) mass is 333 g/mol. The first kappa shape index (κ1) is 18.5. The van der Waals surface area contributed by atoms with Gasteiger partial charge in [-0.2, -0.15) is 0 Å². The third kappa shape index (κ3) is 3.78. The van der Waals surface area contributed by atoms with Gasteiger partial charge < -0.3 is 14.4 Å². The molecule has 1 aromatic carbocycles. The van der Waals surface area contributed by atoms with Crippen molar-refractivity contribution >= 4 is 11.8 Å². The predicted octanol–water partition coefficient (Wildman–Crippen LogP) is 2.49.